The number of carbonyl (C=O) groups is 1. The minimum Gasteiger partial charge on any atom is -0.294 e. The summed E-state index contributed by atoms with van der Waals surface area (Å²) in [6.07, 6.45) is 8.71. The van der Waals surface area contributed by atoms with Crippen LogP contribution in [0.5, 0.6) is 0 Å². The minimum atomic E-state index is 0.109. The van der Waals surface area contributed by atoms with Crippen LogP contribution in [0.3, 0.4) is 0 Å². The van der Waals surface area contributed by atoms with Crippen molar-refractivity contribution in [1.29, 1.82) is 0 Å². The molecule has 6 heteroatoms. The van der Waals surface area contributed by atoms with Gasteiger partial charge in [-0.1, -0.05) is 19.3 Å². The fraction of sp³-hybridized carbons (Fsp3) is 0.467. The molecule has 1 aliphatic carbocycles. The van der Waals surface area contributed by atoms with Gasteiger partial charge in [0.1, 0.15) is 0 Å². The molecule has 21 heavy (non-hydrogen) atoms. The van der Waals surface area contributed by atoms with E-state index in [0.29, 0.717) is 12.5 Å². The van der Waals surface area contributed by atoms with Crippen LogP contribution in [0.2, 0.25) is 0 Å². The third-order valence-corrected chi connectivity index (χ3v) is 6.25. The maximum Gasteiger partial charge on any atom is 0.170 e. The largest absolute Gasteiger partial charge is 0.294 e. The van der Waals surface area contributed by atoms with Crippen LogP contribution in [0.25, 0.3) is 0 Å². The van der Waals surface area contributed by atoms with E-state index in [9.17, 15) is 4.79 Å². The summed E-state index contributed by atoms with van der Waals surface area (Å²) in [6.45, 7) is 0. The van der Waals surface area contributed by atoms with Crippen molar-refractivity contribution in [3.8, 4) is 0 Å². The van der Waals surface area contributed by atoms with E-state index in [2.05, 4.69) is 41.6 Å². The number of Topliss-reactive ketones (excluding diaryl/α,β-unsaturated/α-hetero) is 1. The van der Waals surface area contributed by atoms with Crippen molar-refractivity contribution in [3.05, 3.63) is 37.2 Å². The van der Waals surface area contributed by atoms with E-state index < -0.39 is 0 Å². The molecule has 0 amide bonds. The summed E-state index contributed by atoms with van der Waals surface area (Å²) in [5, 5.41) is 4.61. The molecule has 1 aliphatic rings. The van der Waals surface area contributed by atoms with E-state index in [1.165, 1.54) is 43.4 Å². The van der Waals surface area contributed by atoms with E-state index in [4.69, 9.17) is 0 Å². The number of nitrogens with zero attached hydrogens (tertiary/aromatic N) is 2. The zero-order chi connectivity index (χ0) is 14.8. The van der Waals surface area contributed by atoms with E-state index in [0.717, 1.165) is 18.8 Å². The first-order valence-corrected chi connectivity index (χ1v) is 9.56. The molecule has 0 unspecified atom stereocenters. The van der Waals surface area contributed by atoms with Gasteiger partial charge in [0.25, 0.3) is 0 Å². The Morgan fingerprint density at radius 1 is 1.33 bits per heavy atom. The summed E-state index contributed by atoms with van der Waals surface area (Å²) in [7, 11) is 0. The van der Waals surface area contributed by atoms with Gasteiger partial charge in [0.15, 0.2) is 5.78 Å². The fourth-order valence-electron chi connectivity index (χ4n) is 2.81. The summed E-state index contributed by atoms with van der Waals surface area (Å²) in [5.74, 6) is 0.109. The molecule has 0 saturated heterocycles. The molecule has 0 radical (unpaired) electrons. The van der Waals surface area contributed by atoms with Gasteiger partial charge in [-0.15, -0.1) is 11.3 Å². The zero-order valence-corrected chi connectivity index (χ0v) is 15.5. The van der Waals surface area contributed by atoms with Crippen LogP contribution in [-0.4, -0.2) is 15.6 Å². The van der Waals surface area contributed by atoms with Gasteiger partial charge in [-0.2, -0.15) is 5.10 Å². The predicted molar refractivity (Wildman–Crippen MR) is 92.1 cm³/mol. The lowest BCUT2D eigenvalue weighted by molar-refractivity contribution is 0.0991. The Morgan fingerprint density at radius 2 is 2.10 bits per heavy atom. The minimum absolute atomic E-state index is 0.109. The molecule has 2 heterocycles. The van der Waals surface area contributed by atoms with Gasteiger partial charge in [0.05, 0.1) is 25.7 Å². The van der Waals surface area contributed by atoms with Crippen molar-refractivity contribution in [2.24, 2.45) is 0 Å². The average molecular weight is 432 g/mol. The molecule has 3 rings (SSSR count). The van der Waals surface area contributed by atoms with Crippen molar-refractivity contribution >= 4 is 49.0 Å². The second-order valence-corrected chi connectivity index (χ2v) is 9.17. The molecular formula is C15H16Br2N2OS. The molecule has 2 aromatic rings. The number of hydrogen-bond acceptors (Lipinski definition) is 3. The van der Waals surface area contributed by atoms with Crippen molar-refractivity contribution in [2.75, 3.05) is 0 Å². The number of halogens is 2. The third-order valence-electron chi connectivity index (χ3n) is 3.91. The Balaban J connectivity index is 1.69. The number of rotatable bonds is 4. The lowest BCUT2D eigenvalue weighted by Crippen LogP contribution is -2.14. The van der Waals surface area contributed by atoms with Gasteiger partial charge in [-0.3, -0.25) is 9.48 Å². The first-order valence-electron chi connectivity index (χ1n) is 7.15. The Labute approximate surface area is 145 Å². The van der Waals surface area contributed by atoms with E-state index >= 15 is 0 Å². The second kappa shape index (κ2) is 6.75. The summed E-state index contributed by atoms with van der Waals surface area (Å²) in [4.78, 5) is 12.3. The van der Waals surface area contributed by atoms with Crippen molar-refractivity contribution in [2.45, 2.75) is 44.6 Å². The van der Waals surface area contributed by atoms with Crippen molar-refractivity contribution in [1.82, 2.24) is 9.78 Å². The van der Waals surface area contributed by atoms with Gasteiger partial charge in [0.2, 0.25) is 0 Å². The molecule has 0 N–H and O–H groups in total. The molecule has 2 aromatic heterocycles. The number of ketones is 1. The Hall–Kier alpha value is -0.460. The maximum atomic E-state index is 12.3. The van der Waals surface area contributed by atoms with Crippen LogP contribution in [0.4, 0.5) is 0 Å². The van der Waals surface area contributed by atoms with Crippen LogP contribution in [-0.2, 0) is 6.42 Å². The number of aromatic nitrogens is 2. The molecule has 0 atom stereocenters. The van der Waals surface area contributed by atoms with Crippen molar-refractivity contribution < 1.29 is 4.79 Å². The highest BCUT2D eigenvalue weighted by Crippen LogP contribution is 2.32. The zero-order valence-electron chi connectivity index (χ0n) is 11.5. The van der Waals surface area contributed by atoms with Gasteiger partial charge in [0, 0.05) is 11.8 Å². The molecular weight excluding hydrogens is 416 g/mol. The third kappa shape index (κ3) is 3.66. The Kier molecular flexibility index (Phi) is 4.96. The standard InChI is InChI=1S/C15H16Br2N2OS/c16-14-9-12(15(17)21-14)13(20)8-10-6-7-19(18-10)11-4-2-1-3-5-11/h6-7,9,11H,1-5,8H2. The average Bonchev–Trinajstić information content (AvgIpc) is 3.06. The molecule has 0 bridgehead atoms. The quantitative estimate of drug-likeness (QED) is 0.607. The lowest BCUT2D eigenvalue weighted by atomic mass is 9.96. The Morgan fingerprint density at radius 3 is 2.76 bits per heavy atom. The number of thiophene rings is 1. The van der Waals surface area contributed by atoms with Crippen LogP contribution in [0.1, 0.15) is 54.2 Å². The fourth-order valence-corrected chi connectivity index (χ4v) is 5.67. The molecule has 3 nitrogen and oxygen atoms in total. The first-order chi connectivity index (χ1) is 10.1. The summed E-state index contributed by atoms with van der Waals surface area (Å²) < 4.78 is 3.90. The second-order valence-electron chi connectivity index (χ2n) is 5.42. The highest BCUT2D eigenvalue weighted by atomic mass is 79.9. The van der Waals surface area contributed by atoms with Crippen molar-refractivity contribution in [3.63, 3.8) is 0 Å². The van der Waals surface area contributed by atoms with Crippen LogP contribution < -0.4 is 0 Å². The molecule has 0 aliphatic heterocycles. The summed E-state index contributed by atoms with van der Waals surface area (Å²) in [6, 6.07) is 4.36. The van der Waals surface area contributed by atoms with Crippen LogP contribution in [0.15, 0.2) is 25.9 Å². The monoisotopic (exact) mass is 430 g/mol. The highest BCUT2D eigenvalue weighted by molar-refractivity contribution is 9.12. The number of hydrogen-bond donors (Lipinski definition) is 0. The van der Waals surface area contributed by atoms with Gasteiger partial charge in [-0.05, 0) is 56.8 Å². The maximum absolute atomic E-state index is 12.3. The molecule has 0 spiro atoms. The van der Waals surface area contributed by atoms with E-state index in [1.54, 1.807) is 0 Å². The topological polar surface area (TPSA) is 34.9 Å². The molecule has 1 fully saturated rings. The van der Waals surface area contributed by atoms with Crippen LogP contribution in [0, 0.1) is 0 Å². The van der Waals surface area contributed by atoms with Gasteiger partial charge in [-0.25, -0.2) is 0 Å². The van der Waals surface area contributed by atoms with Crippen LogP contribution >= 0.6 is 43.2 Å². The highest BCUT2D eigenvalue weighted by Gasteiger charge is 2.18. The molecule has 0 aromatic carbocycles. The number of carbonyl (C=O) groups excluding carboxylic acids is 1. The summed E-state index contributed by atoms with van der Waals surface area (Å²) >= 11 is 8.37. The summed E-state index contributed by atoms with van der Waals surface area (Å²) in [5.41, 5.74) is 1.60. The van der Waals surface area contributed by atoms with E-state index in [1.807, 2.05) is 18.3 Å². The van der Waals surface area contributed by atoms with E-state index in [-0.39, 0.29) is 5.78 Å². The molecule has 1 saturated carbocycles. The Bertz CT molecular complexity index is 644. The predicted octanol–water partition coefficient (Wildman–Crippen LogP) is 5.40. The first kappa shape index (κ1) is 15.4. The lowest BCUT2D eigenvalue weighted by Gasteiger charge is -2.21. The molecule has 112 valence electrons. The normalized spacial score (nSPS) is 16.3. The smallest absolute Gasteiger partial charge is 0.170 e. The van der Waals surface area contributed by atoms with Gasteiger partial charge >= 0.3 is 0 Å². The SMILES string of the molecule is O=C(Cc1ccn(C2CCCCC2)n1)c1cc(Br)sc1Br. The van der Waals surface area contributed by atoms with Gasteiger partial charge < -0.3 is 0 Å².